The zero-order valence-electron chi connectivity index (χ0n) is 8.54. The molecule has 3 heteroatoms. The molecule has 3 aliphatic rings. The minimum absolute atomic E-state index is 0.406. The van der Waals surface area contributed by atoms with Crippen molar-refractivity contribution in [3.05, 3.63) is 0 Å². The van der Waals surface area contributed by atoms with E-state index >= 15 is 0 Å². The lowest BCUT2D eigenvalue weighted by Crippen LogP contribution is -2.34. The molecular formula is C11H18N2O. The van der Waals surface area contributed by atoms with Gasteiger partial charge in [0.2, 0.25) is 5.91 Å². The van der Waals surface area contributed by atoms with E-state index in [0.29, 0.717) is 11.9 Å². The molecule has 3 nitrogen and oxygen atoms in total. The predicted octanol–water partition coefficient (Wildman–Crippen LogP) is 0.607. The van der Waals surface area contributed by atoms with Crippen LogP contribution in [0.1, 0.15) is 25.7 Å². The Hall–Kier alpha value is -0.570. The van der Waals surface area contributed by atoms with Crippen LogP contribution in [0.4, 0.5) is 0 Å². The summed E-state index contributed by atoms with van der Waals surface area (Å²) >= 11 is 0. The average Bonchev–Trinajstić information content (AvgIpc) is 2.73. The lowest BCUT2D eigenvalue weighted by molar-refractivity contribution is -0.130. The Kier molecular flexibility index (Phi) is 2.01. The molecule has 0 aromatic carbocycles. The van der Waals surface area contributed by atoms with Crippen LogP contribution in [-0.4, -0.2) is 36.5 Å². The third-order valence-corrected chi connectivity index (χ3v) is 3.88. The molecule has 0 aromatic heterocycles. The second kappa shape index (κ2) is 3.23. The fraction of sp³-hybridized carbons (Fsp3) is 0.909. The van der Waals surface area contributed by atoms with E-state index in [4.69, 9.17) is 0 Å². The van der Waals surface area contributed by atoms with Crippen LogP contribution in [0, 0.1) is 11.8 Å². The summed E-state index contributed by atoms with van der Waals surface area (Å²) in [6.45, 7) is 3.14. The van der Waals surface area contributed by atoms with Crippen molar-refractivity contribution in [2.75, 3.05) is 19.6 Å². The molecule has 3 fully saturated rings. The molecule has 78 valence electrons. The van der Waals surface area contributed by atoms with E-state index in [2.05, 4.69) is 10.2 Å². The molecule has 2 heterocycles. The van der Waals surface area contributed by atoms with E-state index < -0.39 is 0 Å². The highest BCUT2D eigenvalue weighted by atomic mass is 16.2. The molecule has 14 heavy (non-hydrogen) atoms. The van der Waals surface area contributed by atoms with Crippen LogP contribution in [0.5, 0.6) is 0 Å². The van der Waals surface area contributed by atoms with Gasteiger partial charge in [0.05, 0.1) is 0 Å². The van der Waals surface area contributed by atoms with E-state index in [1.807, 2.05) is 0 Å². The molecule has 2 atom stereocenters. The highest BCUT2D eigenvalue weighted by Crippen LogP contribution is 2.34. The number of amides is 1. The molecule has 1 N–H and O–H groups in total. The van der Waals surface area contributed by atoms with Crippen molar-refractivity contribution in [3.8, 4) is 0 Å². The summed E-state index contributed by atoms with van der Waals surface area (Å²) in [6, 6.07) is 0.609. The first-order chi connectivity index (χ1) is 6.83. The van der Waals surface area contributed by atoms with E-state index in [-0.39, 0.29) is 0 Å². The first kappa shape index (κ1) is 8.72. The van der Waals surface area contributed by atoms with Gasteiger partial charge in [-0.05, 0) is 37.6 Å². The van der Waals surface area contributed by atoms with Gasteiger partial charge in [-0.15, -0.1) is 0 Å². The van der Waals surface area contributed by atoms with E-state index in [9.17, 15) is 4.79 Å². The second-order valence-electron chi connectivity index (χ2n) is 5.06. The fourth-order valence-electron chi connectivity index (χ4n) is 2.75. The molecule has 3 rings (SSSR count). The quantitative estimate of drug-likeness (QED) is 0.698. The predicted molar refractivity (Wildman–Crippen MR) is 53.8 cm³/mol. The van der Waals surface area contributed by atoms with Gasteiger partial charge in [-0.25, -0.2) is 0 Å². The second-order valence-corrected chi connectivity index (χ2v) is 5.06. The Morgan fingerprint density at radius 2 is 2.14 bits per heavy atom. The van der Waals surface area contributed by atoms with Crippen molar-refractivity contribution in [2.45, 2.75) is 31.7 Å². The van der Waals surface area contributed by atoms with Crippen LogP contribution in [0.25, 0.3) is 0 Å². The first-order valence-corrected chi connectivity index (χ1v) is 5.84. The van der Waals surface area contributed by atoms with Crippen LogP contribution >= 0.6 is 0 Å². The summed E-state index contributed by atoms with van der Waals surface area (Å²) in [4.78, 5) is 13.9. The van der Waals surface area contributed by atoms with Gasteiger partial charge in [0, 0.05) is 25.6 Å². The number of hydrogen-bond acceptors (Lipinski definition) is 2. The lowest BCUT2D eigenvalue weighted by atomic mass is 10.1. The van der Waals surface area contributed by atoms with Crippen molar-refractivity contribution in [1.82, 2.24) is 10.2 Å². The van der Waals surface area contributed by atoms with Gasteiger partial charge < -0.3 is 10.2 Å². The summed E-state index contributed by atoms with van der Waals surface area (Å²) in [5.41, 5.74) is 0. The molecule has 0 bridgehead atoms. The normalized spacial score (nSPS) is 36.1. The topological polar surface area (TPSA) is 32.3 Å². The molecule has 2 aliphatic heterocycles. The number of hydrogen-bond donors (Lipinski definition) is 1. The molecule has 0 spiro atoms. The highest BCUT2D eigenvalue weighted by Gasteiger charge is 2.38. The van der Waals surface area contributed by atoms with E-state index in [1.165, 1.54) is 19.3 Å². The Bertz CT molecular complexity index is 238. The fourth-order valence-corrected chi connectivity index (χ4v) is 2.75. The van der Waals surface area contributed by atoms with Gasteiger partial charge in [0.15, 0.2) is 0 Å². The van der Waals surface area contributed by atoms with Crippen LogP contribution in [0.2, 0.25) is 0 Å². The Labute approximate surface area is 84.8 Å². The molecule has 0 aromatic rings. The molecule has 1 saturated carbocycles. The van der Waals surface area contributed by atoms with Gasteiger partial charge in [0.1, 0.15) is 0 Å². The molecule has 0 unspecified atom stereocenters. The van der Waals surface area contributed by atoms with Crippen molar-refractivity contribution in [2.24, 2.45) is 11.8 Å². The first-order valence-electron chi connectivity index (χ1n) is 5.84. The van der Waals surface area contributed by atoms with E-state index in [1.54, 1.807) is 0 Å². The van der Waals surface area contributed by atoms with Crippen LogP contribution in [0.15, 0.2) is 0 Å². The number of nitrogens with one attached hydrogen (secondary N) is 1. The minimum atomic E-state index is 0.406. The summed E-state index contributed by atoms with van der Waals surface area (Å²) in [5, 5.41) is 3.48. The molecular weight excluding hydrogens is 176 g/mol. The molecule has 1 aliphatic carbocycles. The van der Waals surface area contributed by atoms with Gasteiger partial charge in [-0.1, -0.05) is 0 Å². The summed E-state index contributed by atoms with van der Waals surface area (Å²) in [5.74, 6) is 1.89. The summed E-state index contributed by atoms with van der Waals surface area (Å²) in [7, 11) is 0. The number of carbonyl (C=O) groups is 1. The van der Waals surface area contributed by atoms with Crippen molar-refractivity contribution >= 4 is 5.91 Å². The maximum Gasteiger partial charge on any atom is 0.222 e. The summed E-state index contributed by atoms with van der Waals surface area (Å²) < 4.78 is 0. The SMILES string of the molecule is O=C(CC1CC1)N1C[C@H]2CCN[C@H]2C1. The van der Waals surface area contributed by atoms with Crippen molar-refractivity contribution in [3.63, 3.8) is 0 Å². The maximum atomic E-state index is 11.8. The Balaban J connectivity index is 1.56. The van der Waals surface area contributed by atoms with Crippen molar-refractivity contribution < 1.29 is 4.79 Å². The number of fused-ring (bicyclic) bond motifs is 1. The number of likely N-dealkylation sites (tertiary alicyclic amines) is 1. The summed E-state index contributed by atoms with van der Waals surface area (Å²) in [6.07, 6.45) is 4.65. The van der Waals surface area contributed by atoms with Gasteiger partial charge >= 0.3 is 0 Å². The largest absolute Gasteiger partial charge is 0.341 e. The number of rotatable bonds is 2. The molecule has 1 amide bonds. The standard InChI is InChI=1S/C11H18N2O/c14-11(5-8-1-2-8)13-6-9-3-4-12-10(9)7-13/h8-10,12H,1-7H2/t9-,10+/m1/s1. The highest BCUT2D eigenvalue weighted by molar-refractivity contribution is 5.77. The molecule has 2 saturated heterocycles. The van der Waals surface area contributed by atoms with Crippen LogP contribution in [-0.2, 0) is 4.79 Å². The lowest BCUT2D eigenvalue weighted by Gasteiger charge is -2.17. The zero-order chi connectivity index (χ0) is 9.54. The minimum Gasteiger partial charge on any atom is -0.341 e. The van der Waals surface area contributed by atoms with Gasteiger partial charge in [0.25, 0.3) is 0 Å². The number of nitrogens with zero attached hydrogens (tertiary/aromatic N) is 1. The zero-order valence-corrected chi connectivity index (χ0v) is 8.54. The Morgan fingerprint density at radius 3 is 2.86 bits per heavy atom. The van der Waals surface area contributed by atoms with Gasteiger partial charge in [-0.3, -0.25) is 4.79 Å². The van der Waals surface area contributed by atoms with E-state index in [0.717, 1.165) is 37.9 Å². The third kappa shape index (κ3) is 1.54. The third-order valence-electron chi connectivity index (χ3n) is 3.88. The smallest absolute Gasteiger partial charge is 0.222 e. The van der Waals surface area contributed by atoms with Crippen molar-refractivity contribution in [1.29, 1.82) is 0 Å². The van der Waals surface area contributed by atoms with Gasteiger partial charge in [-0.2, -0.15) is 0 Å². The van der Waals surface area contributed by atoms with Crippen LogP contribution in [0.3, 0.4) is 0 Å². The van der Waals surface area contributed by atoms with Crippen LogP contribution < -0.4 is 5.32 Å². The maximum absolute atomic E-state index is 11.8. The Morgan fingerprint density at radius 1 is 1.29 bits per heavy atom. The number of carbonyl (C=O) groups excluding carboxylic acids is 1. The molecule has 0 radical (unpaired) electrons. The average molecular weight is 194 g/mol. The monoisotopic (exact) mass is 194 g/mol.